The molecule has 0 saturated carbocycles. The van der Waals surface area contributed by atoms with Crippen LogP contribution in [0.25, 0.3) is 5.52 Å². The van der Waals surface area contributed by atoms with E-state index in [0.29, 0.717) is 18.2 Å². The number of unbranched alkanes of at least 4 members (excludes halogenated alkanes) is 1. The van der Waals surface area contributed by atoms with Crippen LogP contribution >= 0.6 is 8.53 Å². The number of para-hydroxylation sites is 1. The van der Waals surface area contributed by atoms with E-state index in [-0.39, 0.29) is 24.7 Å². The molecular formula is C26H40N5O6P. The minimum absolute atomic E-state index is 0.0999. The number of aromatic nitrogens is 3. The lowest BCUT2D eigenvalue weighted by Crippen LogP contribution is -2.20. The molecule has 4 atom stereocenters. The molecule has 2 aromatic heterocycles. The van der Waals surface area contributed by atoms with E-state index < -0.39 is 8.53 Å². The molecule has 11 nitrogen and oxygen atoms in total. The summed E-state index contributed by atoms with van der Waals surface area (Å²) in [5.74, 6) is 1.39. The van der Waals surface area contributed by atoms with Gasteiger partial charge in [0.2, 0.25) is 0 Å². The number of carbonyl (C=O) groups is 1. The summed E-state index contributed by atoms with van der Waals surface area (Å²) >= 11 is 0. The monoisotopic (exact) mass is 549 g/mol. The average molecular weight is 550 g/mol. The van der Waals surface area contributed by atoms with Gasteiger partial charge >= 0.3 is 8.53 Å². The number of carbonyl (C=O) groups excluding carboxylic acids is 1. The zero-order chi connectivity index (χ0) is 27.8. The molecule has 1 aromatic carbocycles. The Hall–Kier alpha value is -2.66. The van der Waals surface area contributed by atoms with Crippen molar-refractivity contribution in [2.75, 3.05) is 39.7 Å². The summed E-state index contributed by atoms with van der Waals surface area (Å²) in [5.41, 5.74) is 7.64. The second-order valence-electron chi connectivity index (χ2n) is 8.42. The first-order chi connectivity index (χ1) is 18.6. The van der Waals surface area contributed by atoms with Gasteiger partial charge < -0.3 is 34.2 Å². The van der Waals surface area contributed by atoms with E-state index >= 15 is 0 Å². The van der Waals surface area contributed by atoms with Gasteiger partial charge in [0.1, 0.15) is 30.0 Å². The number of methoxy groups -OCH3 is 1. The van der Waals surface area contributed by atoms with Crippen LogP contribution in [0.3, 0.4) is 0 Å². The van der Waals surface area contributed by atoms with Crippen molar-refractivity contribution in [3.05, 3.63) is 54.5 Å². The molecular weight excluding hydrogens is 509 g/mol. The van der Waals surface area contributed by atoms with E-state index in [1.54, 1.807) is 11.6 Å². The Morgan fingerprint density at radius 1 is 1.26 bits per heavy atom. The smallest absolute Gasteiger partial charge is 0.318 e. The van der Waals surface area contributed by atoms with E-state index in [2.05, 4.69) is 29.0 Å². The number of benzene rings is 1. The molecule has 0 amide bonds. The molecule has 1 fully saturated rings. The van der Waals surface area contributed by atoms with Gasteiger partial charge in [-0.2, -0.15) is 5.10 Å². The lowest BCUT2D eigenvalue weighted by Gasteiger charge is -2.20. The third-order valence-electron chi connectivity index (χ3n) is 5.61. The highest BCUT2D eigenvalue weighted by Gasteiger charge is 2.36. The van der Waals surface area contributed by atoms with Crippen molar-refractivity contribution >= 4 is 26.1 Å². The number of hydrogen-bond acceptors (Lipinski definition) is 10. The molecule has 1 aliphatic heterocycles. The van der Waals surface area contributed by atoms with E-state index in [0.717, 1.165) is 37.6 Å². The Balaban J connectivity index is 0.000000560. The van der Waals surface area contributed by atoms with Crippen LogP contribution in [0.5, 0.6) is 5.75 Å². The molecule has 0 radical (unpaired) electrons. The maximum Gasteiger partial charge on any atom is 0.318 e. The summed E-state index contributed by atoms with van der Waals surface area (Å²) in [7, 11) is 1.26. The molecule has 1 saturated heterocycles. The summed E-state index contributed by atoms with van der Waals surface area (Å²) in [4.78, 5) is 14.8. The van der Waals surface area contributed by atoms with E-state index in [1.165, 1.54) is 19.2 Å². The van der Waals surface area contributed by atoms with E-state index in [1.807, 2.05) is 42.5 Å². The normalized spacial score (nSPS) is 19.1. The Bertz CT molecular complexity index is 1050. The number of fused-ring (bicyclic) bond motifs is 1. The van der Waals surface area contributed by atoms with Crippen molar-refractivity contribution in [3.63, 3.8) is 0 Å². The number of aliphatic hydroxyl groups excluding tert-OH is 1. The number of nitrogens with zero attached hydrogens (tertiary/aromatic N) is 3. The SMILES string of the molecule is CC1CC(COP(NCC=O)Oc2ccccc2)OC1c1ccc2c(N)ncnn12.CCCCOC.CO. The number of anilines is 1. The van der Waals surface area contributed by atoms with Crippen LogP contribution in [-0.2, 0) is 18.8 Å². The zero-order valence-corrected chi connectivity index (χ0v) is 23.4. The minimum atomic E-state index is -1.47. The third-order valence-corrected chi connectivity index (χ3v) is 6.81. The molecule has 3 aromatic rings. The van der Waals surface area contributed by atoms with Gasteiger partial charge in [-0.3, -0.25) is 0 Å². The maximum atomic E-state index is 10.8. The third kappa shape index (κ3) is 9.58. The topological polar surface area (TPSA) is 142 Å². The van der Waals surface area contributed by atoms with Gasteiger partial charge in [0.05, 0.1) is 24.9 Å². The number of nitrogen functional groups attached to an aromatic ring is 1. The number of nitrogens with two attached hydrogens (primary N) is 1. The predicted octanol–water partition coefficient (Wildman–Crippen LogP) is 3.93. The summed E-state index contributed by atoms with van der Waals surface area (Å²) in [6, 6.07) is 13.2. The number of rotatable bonds is 12. The summed E-state index contributed by atoms with van der Waals surface area (Å²) in [6.07, 6.45) is 5.25. The Labute approximate surface area is 225 Å². The summed E-state index contributed by atoms with van der Waals surface area (Å²) in [6.45, 7) is 5.71. The molecule has 0 aliphatic carbocycles. The highest BCUT2D eigenvalue weighted by atomic mass is 31.2. The van der Waals surface area contributed by atoms with Crippen LogP contribution in [-0.4, -0.2) is 66.1 Å². The molecule has 0 bridgehead atoms. The van der Waals surface area contributed by atoms with Crippen LogP contribution in [0, 0.1) is 5.92 Å². The van der Waals surface area contributed by atoms with Crippen LogP contribution in [0.4, 0.5) is 5.82 Å². The molecule has 12 heteroatoms. The summed E-state index contributed by atoms with van der Waals surface area (Å²) < 4.78 is 24.6. The number of aliphatic hydroxyl groups is 1. The minimum Gasteiger partial charge on any atom is -0.436 e. The van der Waals surface area contributed by atoms with Gasteiger partial charge in [-0.05, 0) is 43.0 Å². The van der Waals surface area contributed by atoms with Gasteiger partial charge in [-0.15, -0.1) is 0 Å². The van der Waals surface area contributed by atoms with Gasteiger partial charge in [-0.1, -0.05) is 38.5 Å². The predicted molar refractivity (Wildman–Crippen MR) is 148 cm³/mol. The first kappa shape index (κ1) is 31.6. The molecule has 4 unspecified atom stereocenters. The first-order valence-corrected chi connectivity index (χ1v) is 13.8. The van der Waals surface area contributed by atoms with Crippen molar-refractivity contribution in [1.29, 1.82) is 0 Å². The second-order valence-corrected chi connectivity index (χ2v) is 9.70. The highest BCUT2D eigenvalue weighted by Crippen LogP contribution is 2.41. The fourth-order valence-electron chi connectivity index (χ4n) is 3.83. The maximum absolute atomic E-state index is 10.8. The lowest BCUT2D eigenvalue weighted by atomic mass is 10.00. The van der Waals surface area contributed by atoms with Crippen LogP contribution < -0.4 is 15.3 Å². The number of aldehydes is 1. The first-order valence-electron chi connectivity index (χ1n) is 12.6. The van der Waals surface area contributed by atoms with Crippen molar-refractivity contribution in [2.45, 2.75) is 45.3 Å². The van der Waals surface area contributed by atoms with Gasteiger partial charge in [0.15, 0.2) is 5.82 Å². The molecule has 4 rings (SSSR count). The average Bonchev–Trinajstić information content (AvgIpc) is 3.54. The number of nitrogens with one attached hydrogen (secondary N) is 1. The van der Waals surface area contributed by atoms with Crippen LogP contribution in [0.1, 0.15) is 44.9 Å². The van der Waals surface area contributed by atoms with Gasteiger partial charge in [-0.25, -0.2) is 14.6 Å². The fraction of sp³-hybridized carbons (Fsp3) is 0.500. The van der Waals surface area contributed by atoms with E-state index in [9.17, 15) is 4.79 Å². The molecule has 4 N–H and O–H groups in total. The molecule has 3 heterocycles. The van der Waals surface area contributed by atoms with Crippen molar-refractivity contribution in [1.82, 2.24) is 19.7 Å². The van der Waals surface area contributed by atoms with Crippen molar-refractivity contribution in [2.24, 2.45) is 5.92 Å². The Morgan fingerprint density at radius 2 is 2.03 bits per heavy atom. The molecule has 210 valence electrons. The second kappa shape index (κ2) is 17.8. The van der Waals surface area contributed by atoms with E-state index in [4.69, 9.17) is 29.4 Å². The van der Waals surface area contributed by atoms with Crippen molar-refractivity contribution in [3.8, 4) is 5.75 Å². The quantitative estimate of drug-likeness (QED) is 0.173. The number of ether oxygens (including phenoxy) is 2. The van der Waals surface area contributed by atoms with Gasteiger partial charge in [0.25, 0.3) is 0 Å². The fourth-order valence-corrected chi connectivity index (χ4v) is 4.87. The number of hydrogen-bond donors (Lipinski definition) is 3. The van der Waals surface area contributed by atoms with Crippen molar-refractivity contribution < 1.29 is 28.4 Å². The lowest BCUT2D eigenvalue weighted by molar-refractivity contribution is -0.106. The Morgan fingerprint density at radius 3 is 2.68 bits per heavy atom. The largest absolute Gasteiger partial charge is 0.436 e. The van der Waals surface area contributed by atoms with Crippen LogP contribution in [0.15, 0.2) is 48.8 Å². The standard InChI is InChI=1S/C20H24N5O4P.C5H12O.CH4O/c1-14-11-16(12-27-30(24-9-10-26)29-15-5-3-2-4-6-15)28-19(14)17-7-8-18-20(21)22-13-23-25(17)18;1-3-4-5-6-2;1-2/h2-8,10,13-14,16,19,24H,9,11-12H2,1H3,(H2,21,22,23);3-5H2,1-2H3;2H,1H3. The molecule has 38 heavy (non-hydrogen) atoms. The Kier molecular flexibility index (Phi) is 14.8. The molecule has 0 spiro atoms. The van der Waals surface area contributed by atoms with Gasteiger partial charge in [0, 0.05) is 20.8 Å². The summed E-state index contributed by atoms with van der Waals surface area (Å²) in [5, 5.41) is 14.3. The zero-order valence-electron chi connectivity index (χ0n) is 22.5. The highest BCUT2D eigenvalue weighted by molar-refractivity contribution is 7.45. The van der Waals surface area contributed by atoms with Crippen LogP contribution in [0.2, 0.25) is 0 Å². The molecule has 1 aliphatic rings.